The molecular formula is C30H38O4. The summed E-state index contributed by atoms with van der Waals surface area (Å²) in [6, 6.07) is 15.6. The van der Waals surface area contributed by atoms with Crippen LogP contribution in [0.2, 0.25) is 0 Å². The number of hydrogen-bond acceptors (Lipinski definition) is 4. The molecule has 0 N–H and O–H groups in total. The van der Waals surface area contributed by atoms with Crippen molar-refractivity contribution in [2.75, 3.05) is 6.61 Å². The molecule has 2 aromatic carbocycles. The first-order valence-electron chi connectivity index (χ1n) is 12.6. The second kappa shape index (κ2) is 15.7. The van der Waals surface area contributed by atoms with Crippen molar-refractivity contribution < 1.29 is 19.1 Å². The van der Waals surface area contributed by atoms with Gasteiger partial charge in [-0.2, -0.15) is 0 Å². The van der Waals surface area contributed by atoms with E-state index in [0.717, 1.165) is 43.6 Å². The van der Waals surface area contributed by atoms with E-state index in [-0.39, 0.29) is 5.78 Å². The Morgan fingerprint density at radius 1 is 0.824 bits per heavy atom. The van der Waals surface area contributed by atoms with Crippen LogP contribution >= 0.6 is 0 Å². The molecular weight excluding hydrogens is 424 g/mol. The van der Waals surface area contributed by atoms with Gasteiger partial charge in [0.05, 0.1) is 12.2 Å². The number of unbranched alkanes of at least 4 members (excludes halogenated alkanes) is 5. The lowest BCUT2D eigenvalue weighted by Gasteiger charge is -2.10. The second-order valence-corrected chi connectivity index (χ2v) is 8.57. The van der Waals surface area contributed by atoms with Crippen LogP contribution < -0.4 is 4.74 Å². The highest BCUT2D eigenvalue weighted by Crippen LogP contribution is 2.16. The third kappa shape index (κ3) is 10.3. The summed E-state index contributed by atoms with van der Waals surface area (Å²) in [5, 5.41) is 0. The van der Waals surface area contributed by atoms with Gasteiger partial charge < -0.3 is 9.47 Å². The Morgan fingerprint density at radius 3 is 2.06 bits per heavy atom. The highest BCUT2D eigenvalue weighted by atomic mass is 16.5. The van der Waals surface area contributed by atoms with Gasteiger partial charge in [-0.3, -0.25) is 4.79 Å². The lowest BCUT2D eigenvalue weighted by molar-refractivity contribution is -0.121. The van der Waals surface area contributed by atoms with Crippen molar-refractivity contribution >= 4 is 11.8 Å². The fourth-order valence-corrected chi connectivity index (χ4v) is 3.40. The van der Waals surface area contributed by atoms with Crippen LogP contribution in [0.4, 0.5) is 0 Å². The second-order valence-electron chi connectivity index (χ2n) is 8.57. The third-order valence-corrected chi connectivity index (χ3v) is 5.57. The van der Waals surface area contributed by atoms with Gasteiger partial charge in [0, 0.05) is 6.42 Å². The van der Waals surface area contributed by atoms with E-state index in [1.807, 2.05) is 31.2 Å². The van der Waals surface area contributed by atoms with Gasteiger partial charge in [0.15, 0.2) is 6.10 Å². The molecule has 0 saturated heterocycles. The zero-order valence-electron chi connectivity index (χ0n) is 20.9. The highest BCUT2D eigenvalue weighted by molar-refractivity contribution is 6.01. The van der Waals surface area contributed by atoms with E-state index in [1.165, 1.54) is 31.2 Å². The van der Waals surface area contributed by atoms with Crippen molar-refractivity contribution in [3.05, 3.63) is 65.2 Å². The number of Topliss-reactive ketones (excluding diaryl/α,β-unsaturated/α-hetero) is 1. The van der Waals surface area contributed by atoms with Crippen LogP contribution in [0.1, 0.15) is 87.2 Å². The third-order valence-electron chi connectivity index (χ3n) is 5.57. The number of hydrogen-bond donors (Lipinski definition) is 0. The van der Waals surface area contributed by atoms with Crippen LogP contribution in [-0.2, 0) is 22.4 Å². The molecule has 0 bridgehead atoms. The van der Waals surface area contributed by atoms with Crippen LogP contribution in [-0.4, -0.2) is 24.5 Å². The maximum atomic E-state index is 12.3. The van der Waals surface area contributed by atoms with Crippen molar-refractivity contribution in [3.63, 3.8) is 0 Å². The van der Waals surface area contributed by atoms with Gasteiger partial charge in [-0.15, -0.1) is 0 Å². The first kappa shape index (κ1) is 27.2. The normalized spacial score (nSPS) is 11.3. The van der Waals surface area contributed by atoms with Gasteiger partial charge in [-0.1, -0.05) is 69.7 Å². The molecule has 0 aromatic heterocycles. The number of benzene rings is 2. The molecule has 2 aromatic rings. The highest BCUT2D eigenvalue weighted by Gasteiger charge is 2.17. The summed E-state index contributed by atoms with van der Waals surface area (Å²) in [5.41, 5.74) is 2.81. The van der Waals surface area contributed by atoms with Gasteiger partial charge in [0.1, 0.15) is 5.75 Å². The quantitative estimate of drug-likeness (QED) is 0.135. The Balaban J connectivity index is 1.75. The number of ketones is 1. The first-order valence-corrected chi connectivity index (χ1v) is 12.6. The molecule has 4 heteroatoms. The number of aryl methyl sites for hydroxylation is 2. The van der Waals surface area contributed by atoms with E-state index in [2.05, 4.69) is 30.9 Å². The zero-order chi connectivity index (χ0) is 24.6. The Bertz CT molecular complexity index is 933. The van der Waals surface area contributed by atoms with Crippen molar-refractivity contribution in [1.82, 2.24) is 0 Å². The predicted molar refractivity (Wildman–Crippen MR) is 137 cm³/mol. The van der Waals surface area contributed by atoms with Gasteiger partial charge in [0.2, 0.25) is 5.78 Å². The van der Waals surface area contributed by atoms with Crippen molar-refractivity contribution in [2.24, 2.45) is 0 Å². The minimum Gasteiger partial charge on any atom is -0.494 e. The Hall–Kier alpha value is -3.06. The first-order chi connectivity index (χ1) is 16.5. The SMILES string of the molecule is CCCC#CC(=O)C(C)OC(=O)c1ccc(CCc2ccc(OCCCCCCC)cc2)cc1. The molecule has 1 atom stereocenters. The summed E-state index contributed by atoms with van der Waals surface area (Å²) in [7, 11) is 0. The van der Waals surface area contributed by atoms with Crippen LogP contribution in [0, 0.1) is 11.8 Å². The topological polar surface area (TPSA) is 52.6 Å². The summed E-state index contributed by atoms with van der Waals surface area (Å²) in [4.78, 5) is 24.2. The Kier molecular flexibility index (Phi) is 12.6. The number of ether oxygens (including phenoxy) is 2. The fourth-order valence-electron chi connectivity index (χ4n) is 3.40. The van der Waals surface area contributed by atoms with E-state index in [1.54, 1.807) is 19.1 Å². The average molecular weight is 463 g/mol. The lowest BCUT2D eigenvalue weighted by Crippen LogP contribution is -2.23. The summed E-state index contributed by atoms with van der Waals surface area (Å²) in [5.74, 6) is 5.36. The van der Waals surface area contributed by atoms with Crippen LogP contribution in [0.15, 0.2) is 48.5 Å². The molecule has 4 nitrogen and oxygen atoms in total. The molecule has 1 unspecified atom stereocenters. The number of rotatable bonds is 14. The van der Waals surface area contributed by atoms with Crippen molar-refractivity contribution in [3.8, 4) is 17.6 Å². The molecule has 182 valence electrons. The van der Waals surface area contributed by atoms with Crippen LogP contribution in [0.25, 0.3) is 0 Å². The number of carbonyl (C=O) groups is 2. The van der Waals surface area contributed by atoms with Crippen molar-refractivity contribution in [2.45, 2.75) is 84.7 Å². The molecule has 0 saturated carbocycles. The average Bonchev–Trinajstić information content (AvgIpc) is 2.86. The Labute approximate surface area is 205 Å². The van der Waals surface area contributed by atoms with Crippen molar-refractivity contribution in [1.29, 1.82) is 0 Å². The van der Waals surface area contributed by atoms with Gasteiger partial charge in [0.25, 0.3) is 0 Å². The smallest absolute Gasteiger partial charge is 0.338 e. The van der Waals surface area contributed by atoms with Gasteiger partial charge >= 0.3 is 5.97 Å². The predicted octanol–water partition coefficient (Wildman–Crippen LogP) is 6.74. The minimum atomic E-state index is -0.871. The summed E-state index contributed by atoms with van der Waals surface area (Å²) < 4.78 is 11.1. The molecule has 0 aliphatic heterocycles. The molecule has 0 radical (unpaired) electrons. The summed E-state index contributed by atoms with van der Waals surface area (Å²) in [6.07, 6.45) is 8.63. The summed E-state index contributed by atoms with van der Waals surface area (Å²) >= 11 is 0. The molecule has 0 spiro atoms. The number of carbonyl (C=O) groups excluding carboxylic acids is 2. The van der Waals surface area contributed by atoms with E-state index in [9.17, 15) is 9.59 Å². The Morgan fingerprint density at radius 2 is 1.44 bits per heavy atom. The van der Waals surface area contributed by atoms with Gasteiger partial charge in [-0.25, -0.2) is 4.79 Å². The monoisotopic (exact) mass is 462 g/mol. The van der Waals surface area contributed by atoms with Crippen LogP contribution in [0.3, 0.4) is 0 Å². The van der Waals surface area contributed by atoms with Gasteiger partial charge in [-0.05, 0) is 73.9 Å². The van der Waals surface area contributed by atoms with E-state index >= 15 is 0 Å². The largest absolute Gasteiger partial charge is 0.494 e. The molecule has 0 fully saturated rings. The molecule has 34 heavy (non-hydrogen) atoms. The molecule has 0 aliphatic carbocycles. The standard InChI is InChI=1S/C30H38O4/c1-4-6-8-9-11-23-33-28-21-17-26(18-22-28)14-13-25-15-19-27(20-16-25)30(32)34-24(3)29(31)12-10-7-5-2/h15-22,24H,4-9,11,13-14,23H2,1-3H3. The number of esters is 1. The van der Waals surface area contributed by atoms with Crippen LogP contribution in [0.5, 0.6) is 5.75 Å². The molecule has 0 heterocycles. The maximum absolute atomic E-state index is 12.3. The zero-order valence-corrected chi connectivity index (χ0v) is 20.9. The molecule has 2 rings (SSSR count). The fraction of sp³-hybridized carbons (Fsp3) is 0.467. The summed E-state index contributed by atoms with van der Waals surface area (Å²) in [6.45, 7) is 6.55. The maximum Gasteiger partial charge on any atom is 0.338 e. The van der Waals surface area contributed by atoms with E-state index < -0.39 is 12.1 Å². The molecule has 0 aliphatic rings. The van der Waals surface area contributed by atoms with E-state index in [0.29, 0.717) is 12.0 Å². The lowest BCUT2D eigenvalue weighted by atomic mass is 10.0. The molecule has 0 amide bonds. The van der Waals surface area contributed by atoms with E-state index in [4.69, 9.17) is 9.47 Å². The minimum absolute atomic E-state index is 0.373.